The number of nitrogens with zero attached hydrogens (tertiary/aromatic N) is 4. The van der Waals surface area contributed by atoms with Crippen LogP contribution in [-0.4, -0.2) is 9.55 Å². The van der Waals surface area contributed by atoms with Crippen molar-refractivity contribution in [3.63, 3.8) is 0 Å². The monoisotopic (exact) mass is 1180 g/mol. The van der Waals surface area contributed by atoms with Crippen LogP contribution in [-0.2, 0) is 42.7 Å². The fourth-order valence-corrected chi connectivity index (χ4v) is 10.6. The molecular weight excluding hydrogens is 1110 g/mol. The van der Waals surface area contributed by atoms with E-state index < -0.39 is 0 Å². The Morgan fingerprint density at radius 1 is 0.513 bits per heavy atom. The Hall–Kier alpha value is -6.42. The van der Waals surface area contributed by atoms with E-state index in [4.69, 9.17) is 9.72 Å². The summed E-state index contributed by atoms with van der Waals surface area (Å²) < 4.78 is 9.26. The van der Waals surface area contributed by atoms with Crippen molar-refractivity contribution in [2.45, 2.75) is 137 Å². The van der Waals surface area contributed by atoms with Gasteiger partial charge in [0.25, 0.3) is 0 Å². The van der Waals surface area contributed by atoms with E-state index in [-0.39, 0.29) is 50.2 Å². The summed E-state index contributed by atoms with van der Waals surface area (Å²) in [6, 6.07) is 61.1. The second-order valence-electron chi connectivity index (χ2n) is 24.7. The molecule has 5 nitrogen and oxygen atoms in total. The predicted octanol–water partition coefficient (Wildman–Crippen LogP) is 19.6. The van der Waals surface area contributed by atoms with Gasteiger partial charge in [0.05, 0.1) is 0 Å². The van der Waals surface area contributed by atoms with E-state index in [1.807, 2.05) is 6.20 Å². The molecule has 6 heteroatoms. The van der Waals surface area contributed by atoms with Crippen LogP contribution in [0.2, 0.25) is 0 Å². The van der Waals surface area contributed by atoms with Crippen molar-refractivity contribution in [2.24, 2.45) is 0 Å². The van der Waals surface area contributed by atoms with Gasteiger partial charge in [0.1, 0.15) is 5.82 Å². The molecule has 0 saturated heterocycles. The summed E-state index contributed by atoms with van der Waals surface area (Å²) in [5.41, 5.74) is 17.1. The molecule has 0 N–H and O–H groups in total. The first-order valence-electron chi connectivity index (χ1n) is 26.6. The van der Waals surface area contributed by atoms with Gasteiger partial charge in [-0.15, -0.1) is 53.6 Å². The molecule has 1 aliphatic heterocycles. The predicted molar refractivity (Wildman–Crippen MR) is 319 cm³/mol. The zero-order valence-corrected chi connectivity index (χ0v) is 50.0. The van der Waals surface area contributed by atoms with Crippen molar-refractivity contribution < 1.29 is 25.8 Å². The maximum absolute atomic E-state index is 7.01. The van der Waals surface area contributed by atoms with Crippen LogP contribution in [0.15, 0.2) is 152 Å². The third-order valence-electron chi connectivity index (χ3n) is 15.3. The normalized spacial score (nSPS) is 13.1. The van der Waals surface area contributed by atoms with E-state index >= 15 is 0 Å². The summed E-state index contributed by atoms with van der Waals surface area (Å²) in [5.74, 6) is 2.81. The van der Waals surface area contributed by atoms with E-state index in [9.17, 15) is 0 Å². The SMILES string of the molecule is CC(C)c1cccc(C(C)C)c1-c1ccc2c(c1)N(c1cccc(C(C)(C)c3ccccc3)c1)[CH-]N2c1[c-]c(Oc2[c-]c3c(cc2)c2cc(C(C)(C)C)ccc2n3-c2cc(C(C)(C)C)ccn2)cc(C(C)(C)C)c1.[CH3-].[Pt+4]. The minimum Gasteiger partial charge on any atom is -0.509 e. The Morgan fingerprint density at radius 3 is 1.82 bits per heavy atom. The average molecular weight is 1180 g/mol. The fourth-order valence-electron chi connectivity index (χ4n) is 10.6. The number of rotatable bonds is 10. The average Bonchev–Trinajstić information content (AvgIpc) is 3.91. The van der Waals surface area contributed by atoms with Gasteiger partial charge in [0.15, 0.2) is 0 Å². The number of fused-ring (bicyclic) bond motifs is 4. The van der Waals surface area contributed by atoms with Gasteiger partial charge >= 0.3 is 21.1 Å². The van der Waals surface area contributed by atoms with Crippen LogP contribution in [0.25, 0.3) is 38.8 Å². The van der Waals surface area contributed by atoms with Gasteiger partial charge in [-0.25, -0.2) is 4.98 Å². The minimum absolute atomic E-state index is 0. The maximum atomic E-state index is 7.01. The van der Waals surface area contributed by atoms with E-state index in [1.165, 1.54) is 49.9 Å². The van der Waals surface area contributed by atoms with E-state index in [0.29, 0.717) is 23.3 Å². The van der Waals surface area contributed by atoms with Crippen LogP contribution in [0.1, 0.15) is 155 Å². The molecule has 0 aliphatic carbocycles. The number of hydrogen-bond acceptors (Lipinski definition) is 4. The molecule has 0 radical (unpaired) electrons. The van der Waals surface area contributed by atoms with Gasteiger partial charge in [0.2, 0.25) is 0 Å². The third kappa shape index (κ3) is 10.5. The summed E-state index contributed by atoms with van der Waals surface area (Å²) in [7, 11) is 0. The van der Waals surface area contributed by atoms with Crippen LogP contribution >= 0.6 is 0 Å². The first kappa shape index (κ1) is 55.8. The summed E-state index contributed by atoms with van der Waals surface area (Å²) in [4.78, 5) is 9.64. The molecule has 0 spiro atoms. The molecule has 0 atom stereocenters. The molecule has 0 fully saturated rings. The molecule has 1 aliphatic rings. The van der Waals surface area contributed by atoms with Crippen LogP contribution < -0.4 is 14.5 Å². The second-order valence-corrected chi connectivity index (χ2v) is 24.7. The number of ether oxygens (including phenoxy) is 1. The zero-order valence-electron chi connectivity index (χ0n) is 47.7. The molecule has 392 valence electrons. The summed E-state index contributed by atoms with van der Waals surface area (Å²) in [5, 5.41) is 2.27. The zero-order chi connectivity index (χ0) is 52.6. The summed E-state index contributed by atoms with van der Waals surface area (Å²) in [6.07, 6.45) is 1.93. The van der Waals surface area contributed by atoms with Crippen molar-refractivity contribution in [2.75, 3.05) is 9.80 Å². The molecular formula is C70H76N4OPt. The van der Waals surface area contributed by atoms with Crippen LogP contribution in [0.5, 0.6) is 11.5 Å². The van der Waals surface area contributed by atoms with Crippen LogP contribution in [0.4, 0.5) is 22.7 Å². The van der Waals surface area contributed by atoms with Crippen molar-refractivity contribution >= 4 is 44.6 Å². The standard InChI is InChI=1S/C69H73N4O.CH3.Pt/c1-44(2)56-25-20-26-57(45(3)4)65(56)46-27-31-61-63(35-46)71(52-24-19-23-50(36-52)69(14,15)47-21-17-16-18-22-47)43-72(61)53-37-51(68(11,12)13)38-55(41-53)74-54-29-30-58-59-39-48(66(5,6)7)28-32-60(59)73(62(58)42-54)64-40-49(33-34-70-64)67(8,9)10;;/h16-40,43-45H,1-15H3;1H3;/q-3;-1;+4. The topological polar surface area (TPSA) is 33.5 Å². The van der Waals surface area contributed by atoms with Gasteiger partial charge in [-0.2, -0.15) is 6.07 Å². The minimum atomic E-state index is -0.221. The Balaban J connectivity index is 0.00000383. The number of hydrogen-bond donors (Lipinski definition) is 0. The quantitative estimate of drug-likeness (QED) is 0.128. The molecule has 3 heterocycles. The molecule has 0 bridgehead atoms. The molecule has 0 unspecified atom stereocenters. The van der Waals surface area contributed by atoms with Crippen LogP contribution in [0, 0.1) is 26.2 Å². The summed E-state index contributed by atoms with van der Waals surface area (Å²) in [6.45, 7) is 36.4. The second kappa shape index (κ2) is 20.8. The van der Waals surface area contributed by atoms with Crippen molar-refractivity contribution in [1.29, 1.82) is 0 Å². The number of benzene rings is 7. The Labute approximate surface area is 469 Å². The molecule has 2 aromatic heterocycles. The Kier molecular flexibility index (Phi) is 15.3. The van der Waals surface area contributed by atoms with Gasteiger partial charge in [-0.1, -0.05) is 188 Å². The molecule has 10 rings (SSSR count). The van der Waals surface area contributed by atoms with Crippen molar-refractivity contribution in [1.82, 2.24) is 9.55 Å². The smallest absolute Gasteiger partial charge is 0.509 e. The van der Waals surface area contributed by atoms with E-state index in [2.05, 4.69) is 283 Å². The Bertz CT molecular complexity index is 3540. The van der Waals surface area contributed by atoms with Gasteiger partial charge in [-0.3, -0.25) is 0 Å². The van der Waals surface area contributed by atoms with Crippen molar-refractivity contribution in [3.8, 4) is 28.4 Å². The summed E-state index contributed by atoms with van der Waals surface area (Å²) >= 11 is 0. The first-order chi connectivity index (χ1) is 35.0. The van der Waals surface area contributed by atoms with E-state index in [0.717, 1.165) is 50.6 Å². The Morgan fingerprint density at radius 2 is 1.16 bits per heavy atom. The number of pyridine rings is 1. The third-order valence-corrected chi connectivity index (χ3v) is 15.3. The largest absolute Gasteiger partial charge is 4.00 e. The molecule has 7 aromatic carbocycles. The first-order valence-corrected chi connectivity index (χ1v) is 26.6. The van der Waals surface area contributed by atoms with Gasteiger partial charge < -0.3 is 26.5 Å². The fraction of sp³-hybridized carbons (Fsp3) is 0.300. The molecule has 9 aromatic rings. The van der Waals surface area contributed by atoms with Crippen LogP contribution in [0.3, 0.4) is 0 Å². The van der Waals surface area contributed by atoms with E-state index in [1.54, 1.807) is 0 Å². The van der Waals surface area contributed by atoms with Crippen molar-refractivity contribution in [3.05, 3.63) is 217 Å². The van der Waals surface area contributed by atoms with Gasteiger partial charge in [-0.05, 0) is 120 Å². The maximum Gasteiger partial charge on any atom is 4.00 e. The number of anilines is 4. The molecule has 0 saturated carbocycles. The molecule has 76 heavy (non-hydrogen) atoms. The van der Waals surface area contributed by atoms with Gasteiger partial charge in [0, 0.05) is 45.7 Å². The molecule has 0 amide bonds. The number of aromatic nitrogens is 2.